The zero-order valence-corrected chi connectivity index (χ0v) is 10.2. The van der Waals surface area contributed by atoms with E-state index in [1.165, 1.54) is 44.9 Å². The highest BCUT2D eigenvalue weighted by Crippen LogP contribution is 2.35. The van der Waals surface area contributed by atoms with Gasteiger partial charge < -0.3 is 10.5 Å². The number of nitrogens with two attached hydrogens (primary N) is 1. The summed E-state index contributed by atoms with van der Waals surface area (Å²) in [6.07, 6.45) is 9.37. The molecule has 0 amide bonds. The van der Waals surface area contributed by atoms with Crippen molar-refractivity contribution >= 4 is 0 Å². The molecule has 3 unspecified atom stereocenters. The Hall–Kier alpha value is -0.0800. The van der Waals surface area contributed by atoms with Crippen molar-refractivity contribution < 1.29 is 4.74 Å². The highest BCUT2D eigenvalue weighted by atomic mass is 16.5. The molecule has 0 bridgehead atoms. The minimum Gasteiger partial charge on any atom is -0.372 e. The van der Waals surface area contributed by atoms with Gasteiger partial charge in [-0.2, -0.15) is 0 Å². The van der Waals surface area contributed by atoms with Crippen molar-refractivity contribution in [1.82, 2.24) is 0 Å². The van der Waals surface area contributed by atoms with E-state index in [9.17, 15) is 0 Å². The van der Waals surface area contributed by atoms with Gasteiger partial charge in [0.15, 0.2) is 0 Å². The van der Waals surface area contributed by atoms with Gasteiger partial charge in [0.25, 0.3) is 0 Å². The van der Waals surface area contributed by atoms with Crippen molar-refractivity contribution in [2.24, 2.45) is 11.7 Å². The molecule has 15 heavy (non-hydrogen) atoms. The topological polar surface area (TPSA) is 35.2 Å². The highest BCUT2D eigenvalue weighted by molar-refractivity contribution is 4.84. The predicted octanol–water partition coefficient (Wildman–Crippen LogP) is 2.85. The van der Waals surface area contributed by atoms with Crippen molar-refractivity contribution in [2.45, 2.75) is 76.5 Å². The van der Waals surface area contributed by atoms with Gasteiger partial charge in [-0.25, -0.2) is 0 Å². The van der Waals surface area contributed by atoms with Crippen LogP contribution in [0.1, 0.15) is 58.8 Å². The van der Waals surface area contributed by atoms with E-state index >= 15 is 0 Å². The van der Waals surface area contributed by atoms with Crippen LogP contribution in [0.2, 0.25) is 0 Å². The summed E-state index contributed by atoms with van der Waals surface area (Å²) in [5, 5.41) is 0. The van der Waals surface area contributed by atoms with Crippen LogP contribution in [0.15, 0.2) is 0 Å². The maximum Gasteiger partial charge on any atom is 0.0631 e. The van der Waals surface area contributed by atoms with E-state index in [1.54, 1.807) is 0 Å². The average Bonchev–Trinajstić information content (AvgIpc) is 2.45. The third kappa shape index (κ3) is 3.18. The first-order valence-electron chi connectivity index (χ1n) is 6.48. The quantitative estimate of drug-likeness (QED) is 0.762. The van der Waals surface area contributed by atoms with E-state index in [4.69, 9.17) is 10.5 Å². The molecule has 0 spiro atoms. The van der Waals surface area contributed by atoms with Crippen LogP contribution in [0.25, 0.3) is 0 Å². The van der Waals surface area contributed by atoms with Gasteiger partial charge in [-0.05, 0) is 51.9 Å². The fraction of sp³-hybridized carbons (Fsp3) is 1.00. The van der Waals surface area contributed by atoms with Gasteiger partial charge in [-0.3, -0.25) is 0 Å². The highest BCUT2D eigenvalue weighted by Gasteiger charge is 2.33. The lowest BCUT2D eigenvalue weighted by atomic mass is 9.82. The first kappa shape index (κ1) is 11.4. The van der Waals surface area contributed by atoms with Gasteiger partial charge in [0.2, 0.25) is 0 Å². The number of ether oxygens (including phenoxy) is 1. The van der Waals surface area contributed by atoms with E-state index in [0.717, 1.165) is 5.92 Å². The summed E-state index contributed by atoms with van der Waals surface area (Å²) in [5.74, 6) is 0.827. The van der Waals surface area contributed by atoms with Crippen LogP contribution < -0.4 is 5.73 Å². The Kier molecular flexibility index (Phi) is 3.36. The molecule has 3 atom stereocenters. The molecule has 1 saturated heterocycles. The van der Waals surface area contributed by atoms with E-state index in [1.807, 2.05) is 0 Å². The Morgan fingerprint density at radius 3 is 2.67 bits per heavy atom. The fourth-order valence-electron chi connectivity index (χ4n) is 3.16. The number of rotatable bonds is 2. The molecule has 0 aromatic heterocycles. The van der Waals surface area contributed by atoms with Gasteiger partial charge in [0.1, 0.15) is 0 Å². The summed E-state index contributed by atoms with van der Waals surface area (Å²) in [7, 11) is 0. The lowest BCUT2D eigenvalue weighted by molar-refractivity contribution is -0.0268. The van der Waals surface area contributed by atoms with E-state index in [2.05, 4.69) is 13.8 Å². The van der Waals surface area contributed by atoms with Gasteiger partial charge in [-0.15, -0.1) is 0 Å². The zero-order valence-electron chi connectivity index (χ0n) is 10.2. The van der Waals surface area contributed by atoms with E-state index in [-0.39, 0.29) is 5.60 Å². The van der Waals surface area contributed by atoms with Gasteiger partial charge in [0, 0.05) is 6.04 Å². The minimum atomic E-state index is 0.126. The SMILES string of the molecule is CC1(C)CCC(CC2CCCC(N)C2)O1. The molecule has 1 heterocycles. The molecule has 1 aliphatic carbocycles. The number of hydrogen-bond donors (Lipinski definition) is 1. The molecule has 0 aromatic rings. The van der Waals surface area contributed by atoms with Crippen molar-refractivity contribution in [2.75, 3.05) is 0 Å². The predicted molar refractivity (Wildman–Crippen MR) is 62.7 cm³/mol. The molecule has 2 nitrogen and oxygen atoms in total. The van der Waals surface area contributed by atoms with Gasteiger partial charge in [0.05, 0.1) is 11.7 Å². The molecule has 88 valence electrons. The second kappa shape index (κ2) is 4.42. The summed E-state index contributed by atoms with van der Waals surface area (Å²) in [5.41, 5.74) is 6.14. The largest absolute Gasteiger partial charge is 0.372 e. The summed E-state index contributed by atoms with van der Waals surface area (Å²) in [6.45, 7) is 4.42. The van der Waals surface area contributed by atoms with Crippen molar-refractivity contribution in [3.63, 3.8) is 0 Å². The minimum absolute atomic E-state index is 0.126. The van der Waals surface area contributed by atoms with Crippen LogP contribution in [0.5, 0.6) is 0 Å². The fourth-order valence-corrected chi connectivity index (χ4v) is 3.16. The maximum atomic E-state index is 6.05. The first-order chi connectivity index (χ1) is 7.05. The van der Waals surface area contributed by atoms with Crippen molar-refractivity contribution in [3.05, 3.63) is 0 Å². The molecular weight excluding hydrogens is 186 g/mol. The van der Waals surface area contributed by atoms with Crippen LogP contribution in [0.3, 0.4) is 0 Å². The van der Waals surface area contributed by atoms with Crippen molar-refractivity contribution in [3.8, 4) is 0 Å². The Morgan fingerprint density at radius 1 is 1.27 bits per heavy atom. The van der Waals surface area contributed by atoms with Crippen LogP contribution >= 0.6 is 0 Å². The Bertz CT molecular complexity index is 215. The molecule has 2 aliphatic rings. The lowest BCUT2D eigenvalue weighted by Crippen LogP contribution is -2.30. The first-order valence-corrected chi connectivity index (χ1v) is 6.48. The average molecular weight is 211 g/mol. The second-order valence-corrected chi connectivity index (χ2v) is 6.07. The Morgan fingerprint density at radius 2 is 2.07 bits per heavy atom. The van der Waals surface area contributed by atoms with E-state index in [0.29, 0.717) is 12.1 Å². The second-order valence-electron chi connectivity index (χ2n) is 6.07. The van der Waals surface area contributed by atoms with Crippen molar-refractivity contribution in [1.29, 1.82) is 0 Å². The van der Waals surface area contributed by atoms with Gasteiger partial charge in [-0.1, -0.05) is 12.8 Å². The lowest BCUT2D eigenvalue weighted by Gasteiger charge is -2.29. The smallest absolute Gasteiger partial charge is 0.0631 e. The third-order valence-electron chi connectivity index (χ3n) is 3.97. The Balaban J connectivity index is 1.77. The number of hydrogen-bond acceptors (Lipinski definition) is 2. The van der Waals surface area contributed by atoms with E-state index < -0.39 is 0 Å². The van der Waals surface area contributed by atoms with Gasteiger partial charge >= 0.3 is 0 Å². The summed E-state index contributed by atoms with van der Waals surface area (Å²) >= 11 is 0. The van der Waals surface area contributed by atoms with Crippen LogP contribution in [0.4, 0.5) is 0 Å². The molecule has 2 heteroatoms. The maximum absolute atomic E-state index is 6.05. The normalized spacial score (nSPS) is 40.6. The Labute approximate surface area is 93.6 Å². The summed E-state index contributed by atoms with van der Waals surface area (Å²) < 4.78 is 6.05. The van der Waals surface area contributed by atoms with Crippen LogP contribution in [0, 0.1) is 5.92 Å². The summed E-state index contributed by atoms with van der Waals surface area (Å²) in [4.78, 5) is 0. The molecule has 0 aromatic carbocycles. The van der Waals surface area contributed by atoms with Crippen LogP contribution in [-0.4, -0.2) is 17.7 Å². The molecule has 1 saturated carbocycles. The molecule has 2 fully saturated rings. The standard InChI is InChI=1S/C13H25NO/c1-13(2)7-6-12(15-13)9-10-4-3-5-11(14)8-10/h10-12H,3-9,14H2,1-2H3. The molecule has 0 radical (unpaired) electrons. The van der Waals surface area contributed by atoms with Crippen LogP contribution in [-0.2, 0) is 4.74 Å². The summed E-state index contributed by atoms with van der Waals surface area (Å²) in [6, 6.07) is 0.457. The molecule has 1 aliphatic heterocycles. The molecular formula is C13H25NO. The molecule has 2 rings (SSSR count). The monoisotopic (exact) mass is 211 g/mol. The third-order valence-corrected chi connectivity index (χ3v) is 3.97. The molecule has 2 N–H and O–H groups in total. The zero-order chi connectivity index (χ0) is 10.9.